The van der Waals surface area contributed by atoms with Crippen LogP contribution in [-0.4, -0.2) is 5.97 Å². The molecule has 2 nitrogen and oxygen atoms in total. The van der Waals surface area contributed by atoms with Gasteiger partial charge in [-0.25, -0.2) is 0 Å². The van der Waals surface area contributed by atoms with Crippen LogP contribution >= 0.6 is 23.2 Å². The van der Waals surface area contributed by atoms with Gasteiger partial charge in [0.05, 0.1) is 16.0 Å². The van der Waals surface area contributed by atoms with Gasteiger partial charge in [0.1, 0.15) is 6.10 Å². The zero-order chi connectivity index (χ0) is 12.7. The lowest BCUT2D eigenvalue weighted by atomic mass is 9.77. The maximum Gasteiger partial charge on any atom is 0.309 e. The van der Waals surface area contributed by atoms with E-state index in [2.05, 4.69) is 0 Å². The van der Waals surface area contributed by atoms with Gasteiger partial charge >= 0.3 is 5.97 Å². The molecule has 18 heavy (non-hydrogen) atoms. The molecule has 0 aromatic heterocycles. The van der Waals surface area contributed by atoms with Crippen LogP contribution in [0.3, 0.4) is 0 Å². The Morgan fingerprint density at radius 2 is 1.89 bits per heavy atom. The molecule has 1 saturated heterocycles. The molecule has 0 radical (unpaired) electrons. The number of cyclic esters (lactones) is 1. The lowest BCUT2D eigenvalue weighted by molar-refractivity contribution is -0.144. The molecular formula is C14H14Cl2O2. The maximum absolute atomic E-state index is 11.9. The van der Waals surface area contributed by atoms with E-state index in [1.165, 1.54) is 6.42 Å². The fraction of sp³-hybridized carbons (Fsp3) is 0.500. The van der Waals surface area contributed by atoms with Gasteiger partial charge in [0, 0.05) is 5.92 Å². The monoisotopic (exact) mass is 284 g/mol. The van der Waals surface area contributed by atoms with Crippen LogP contribution in [0.15, 0.2) is 18.2 Å². The van der Waals surface area contributed by atoms with Gasteiger partial charge in [-0.1, -0.05) is 42.1 Å². The number of carbonyl (C=O) groups excluding carboxylic acids is 1. The number of rotatable bonds is 1. The number of carbonyl (C=O) groups is 1. The average Bonchev–Trinajstić information content (AvgIpc) is 2.71. The Morgan fingerprint density at radius 1 is 1.11 bits per heavy atom. The molecule has 0 amide bonds. The van der Waals surface area contributed by atoms with E-state index in [1.54, 1.807) is 6.07 Å². The highest BCUT2D eigenvalue weighted by Gasteiger charge is 2.45. The largest absolute Gasteiger partial charge is 0.457 e. The van der Waals surface area contributed by atoms with E-state index >= 15 is 0 Å². The second kappa shape index (κ2) is 4.75. The van der Waals surface area contributed by atoms with Crippen molar-refractivity contribution in [1.29, 1.82) is 0 Å². The van der Waals surface area contributed by atoms with Gasteiger partial charge in [-0.15, -0.1) is 0 Å². The molecule has 1 aliphatic heterocycles. The summed E-state index contributed by atoms with van der Waals surface area (Å²) in [4.78, 5) is 11.9. The van der Waals surface area contributed by atoms with Gasteiger partial charge in [0.25, 0.3) is 0 Å². The number of hydrogen-bond donors (Lipinski definition) is 0. The summed E-state index contributed by atoms with van der Waals surface area (Å²) in [6, 6.07) is 5.49. The van der Waals surface area contributed by atoms with E-state index in [1.807, 2.05) is 12.1 Å². The highest BCUT2D eigenvalue weighted by Crippen LogP contribution is 2.47. The molecular weight excluding hydrogens is 271 g/mol. The molecule has 1 aromatic carbocycles. The molecule has 2 aliphatic rings. The van der Waals surface area contributed by atoms with Gasteiger partial charge in [-0.3, -0.25) is 4.79 Å². The van der Waals surface area contributed by atoms with Crippen LogP contribution in [0.1, 0.15) is 37.4 Å². The molecule has 3 rings (SSSR count). The Balaban J connectivity index is 1.91. The lowest BCUT2D eigenvalue weighted by Crippen LogP contribution is -2.21. The minimum Gasteiger partial charge on any atom is -0.457 e. The normalized spacial score (nSPS) is 31.0. The second-order valence-corrected chi connectivity index (χ2v) is 5.90. The van der Waals surface area contributed by atoms with Gasteiger partial charge in [-0.05, 0) is 30.5 Å². The van der Waals surface area contributed by atoms with Crippen LogP contribution in [0.4, 0.5) is 0 Å². The molecule has 2 fully saturated rings. The third-order valence-electron chi connectivity index (χ3n) is 4.03. The predicted octanol–water partition coefficient (Wildman–Crippen LogP) is 4.40. The number of fused-ring (bicyclic) bond motifs is 1. The highest BCUT2D eigenvalue weighted by atomic mass is 35.5. The minimum absolute atomic E-state index is 0.0456. The molecule has 0 bridgehead atoms. The van der Waals surface area contributed by atoms with Crippen molar-refractivity contribution < 1.29 is 9.53 Å². The summed E-state index contributed by atoms with van der Waals surface area (Å²) < 4.78 is 5.55. The summed E-state index contributed by atoms with van der Waals surface area (Å²) in [6.45, 7) is 0. The molecule has 96 valence electrons. The van der Waals surface area contributed by atoms with E-state index in [4.69, 9.17) is 27.9 Å². The van der Waals surface area contributed by atoms with E-state index in [-0.39, 0.29) is 18.0 Å². The first-order valence-electron chi connectivity index (χ1n) is 6.32. The van der Waals surface area contributed by atoms with Crippen molar-refractivity contribution in [3.05, 3.63) is 33.8 Å². The van der Waals surface area contributed by atoms with Crippen molar-refractivity contribution in [1.82, 2.24) is 0 Å². The Morgan fingerprint density at radius 3 is 2.67 bits per heavy atom. The Bertz CT molecular complexity index is 487. The Labute approximate surface area is 116 Å². The number of hydrogen-bond acceptors (Lipinski definition) is 2. The van der Waals surface area contributed by atoms with Gasteiger partial charge in [0.2, 0.25) is 0 Å². The average molecular weight is 285 g/mol. The fourth-order valence-corrected chi connectivity index (χ4v) is 3.43. The predicted molar refractivity (Wildman–Crippen MR) is 70.7 cm³/mol. The maximum atomic E-state index is 11.9. The summed E-state index contributed by atoms with van der Waals surface area (Å²) >= 11 is 11.9. The first kappa shape index (κ1) is 12.3. The Kier molecular flexibility index (Phi) is 3.25. The van der Waals surface area contributed by atoms with Gasteiger partial charge < -0.3 is 4.74 Å². The number of halogens is 2. The SMILES string of the molecule is O=C1OC(c2ccc(Cl)c(Cl)c2)C2CCCCC12. The quantitative estimate of drug-likeness (QED) is 0.715. The van der Waals surface area contributed by atoms with Crippen LogP contribution in [0.25, 0.3) is 0 Å². The van der Waals surface area contributed by atoms with Crippen LogP contribution in [0, 0.1) is 11.8 Å². The molecule has 0 N–H and O–H groups in total. The van der Waals surface area contributed by atoms with Crippen molar-refractivity contribution in [3.63, 3.8) is 0 Å². The number of ether oxygens (including phenoxy) is 1. The van der Waals surface area contributed by atoms with Crippen LogP contribution in [-0.2, 0) is 9.53 Å². The van der Waals surface area contributed by atoms with Gasteiger partial charge in [0.15, 0.2) is 0 Å². The molecule has 1 heterocycles. The van der Waals surface area contributed by atoms with Crippen LogP contribution < -0.4 is 0 Å². The van der Waals surface area contributed by atoms with Gasteiger partial charge in [-0.2, -0.15) is 0 Å². The molecule has 1 saturated carbocycles. The number of esters is 1. The summed E-state index contributed by atoms with van der Waals surface area (Å²) in [5.41, 5.74) is 0.965. The molecule has 3 atom stereocenters. The van der Waals surface area contributed by atoms with Crippen molar-refractivity contribution in [2.45, 2.75) is 31.8 Å². The molecule has 0 spiro atoms. The summed E-state index contributed by atoms with van der Waals surface area (Å²) in [5.74, 6) is 0.345. The summed E-state index contributed by atoms with van der Waals surface area (Å²) in [5, 5.41) is 1.05. The zero-order valence-corrected chi connectivity index (χ0v) is 11.4. The summed E-state index contributed by atoms with van der Waals surface area (Å²) in [6.07, 6.45) is 4.18. The molecule has 3 unspecified atom stereocenters. The second-order valence-electron chi connectivity index (χ2n) is 5.09. The van der Waals surface area contributed by atoms with Crippen molar-refractivity contribution in [3.8, 4) is 0 Å². The smallest absolute Gasteiger partial charge is 0.309 e. The third kappa shape index (κ3) is 2.02. The topological polar surface area (TPSA) is 26.3 Å². The van der Waals surface area contributed by atoms with Crippen molar-refractivity contribution >= 4 is 29.2 Å². The van der Waals surface area contributed by atoms with Crippen molar-refractivity contribution in [2.75, 3.05) is 0 Å². The molecule has 1 aliphatic carbocycles. The van der Waals surface area contributed by atoms with E-state index in [0.717, 1.165) is 24.8 Å². The molecule has 4 heteroatoms. The van der Waals surface area contributed by atoms with E-state index in [9.17, 15) is 4.79 Å². The van der Waals surface area contributed by atoms with Crippen molar-refractivity contribution in [2.24, 2.45) is 11.8 Å². The van der Waals surface area contributed by atoms with E-state index < -0.39 is 0 Å². The Hall–Kier alpha value is -0.730. The summed E-state index contributed by atoms with van der Waals surface area (Å²) in [7, 11) is 0. The van der Waals surface area contributed by atoms with Crippen LogP contribution in [0.5, 0.6) is 0 Å². The van der Waals surface area contributed by atoms with Crippen LogP contribution in [0.2, 0.25) is 10.0 Å². The standard InChI is InChI=1S/C14H14Cl2O2/c15-11-6-5-8(7-12(11)16)13-9-3-1-2-4-10(9)14(17)18-13/h5-7,9-10,13H,1-4H2. The minimum atomic E-state index is -0.141. The lowest BCUT2D eigenvalue weighted by Gasteiger charge is -2.25. The first-order valence-corrected chi connectivity index (χ1v) is 7.08. The number of benzene rings is 1. The zero-order valence-electron chi connectivity index (χ0n) is 9.86. The fourth-order valence-electron chi connectivity index (χ4n) is 3.12. The highest BCUT2D eigenvalue weighted by molar-refractivity contribution is 6.42. The molecule has 1 aromatic rings. The third-order valence-corrected chi connectivity index (χ3v) is 4.77. The van der Waals surface area contributed by atoms with E-state index in [0.29, 0.717) is 16.0 Å². The first-order chi connectivity index (χ1) is 8.66.